The van der Waals surface area contributed by atoms with Gasteiger partial charge in [0.25, 0.3) is 0 Å². The molecule has 0 saturated heterocycles. The third kappa shape index (κ3) is 4.41. The minimum atomic E-state index is -1.01. The molecule has 0 saturated carbocycles. The number of rotatable bonds is 5. The molecule has 0 spiro atoms. The zero-order chi connectivity index (χ0) is 11.8. The molecule has 0 heterocycles. The molecule has 0 radical (unpaired) electrons. The first-order valence-corrected chi connectivity index (χ1v) is 4.92. The first-order valence-electron chi connectivity index (χ1n) is 4.92. The summed E-state index contributed by atoms with van der Waals surface area (Å²) in [5, 5.41) is 12.2. The molecule has 1 aromatic rings. The number of hydrogen-bond donors (Lipinski definition) is 2. The van der Waals surface area contributed by atoms with E-state index >= 15 is 0 Å². The molecular formula is C12H14N2O2. The van der Waals surface area contributed by atoms with E-state index in [9.17, 15) is 4.79 Å². The Morgan fingerprint density at radius 2 is 2.12 bits per heavy atom. The van der Waals surface area contributed by atoms with Gasteiger partial charge >= 0.3 is 5.97 Å². The van der Waals surface area contributed by atoms with E-state index in [-0.39, 0.29) is 5.71 Å². The van der Waals surface area contributed by atoms with Gasteiger partial charge in [0.1, 0.15) is 5.71 Å². The number of carboxylic acid groups (broad SMARTS) is 1. The van der Waals surface area contributed by atoms with Gasteiger partial charge in [-0.1, -0.05) is 42.5 Å². The maximum atomic E-state index is 10.4. The molecule has 84 valence electrons. The summed E-state index contributed by atoms with van der Waals surface area (Å²) in [5.41, 5.74) is 3.81. The minimum absolute atomic E-state index is 0.0492. The fourth-order valence-corrected chi connectivity index (χ4v) is 1.02. The van der Waals surface area contributed by atoms with Gasteiger partial charge in [0.15, 0.2) is 0 Å². The van der Waals surface area contributed by atoms with Gasteiger partial charge in [-0.3, -0.25) is 0 Å². The van der Waals surface area contributed by atoms with Crippen molar-refractivity contribution in [3.63, 3.8) is 0 Å². The Morgan fingerprint density at radius 1 is 1.44 bits per heavy atom. The summed E-state index contributed by atoms with van der Waals surface area (Å²) >= 11 is 0. The summed E-state index contributed by atoms with van der Waals surface area (Å²) in [6.45, 7) is 1.94. The number of carbonyl (C=O) groups is 1. The van der Waals surface area contributed by atoms with E-state index in [2.05, 4.69) is 10.5 Å². The normalized spacial score (nSPS) is 11.7. The summed E-state index contributed by atoms with van der Waals surface area (Å²) in [7, 11) is 0. The van der Waals surface area contributed by atoms with Crippen molar-refractivity contribution in [3.8, 4) is 0 Å². The molecule has 0 aliphatic heterocycles. The maximum Gasteiger partial charge on any atom is 0.351 e. The third-order valence-corrected chi connectivity index (χ3v) is 1.88. The Labute approximate surface area is 94.3 Å². The van der Waals surface area contributed by atoms with Gasteiger partial charge in [-0.2, -0.15) is 5.10 Å². The van der Waals surface area contributed by atoms with Crippen LogP contribution in [-0.4, -0.2) is 23.3 Å². The van der Waals surface area contributed by atoms with Gasteiger partial charge in [-0.05, 0) is 12.5 Å². The predicted molar refractivity (Wildman–Crippen MR) is 64.2 cm³/mol. The lowest BCUT2D eigenvalue weighted by Gasteiger charge is -1.96. The van der Waals surface area contributed by atoms with Crippen LogP contribution in [0.3, 0.4) is 0 Å². The van der Waals surface area contributed by atoms with Crippen molar-refractivity contribution in [2.45, 2.75) is 6.92 Å². The van der Waals surface area contributed by atoms with E-state index in [1.807, 2.05) is 42.5 Å². The summed E-state index contributed by atoms with van der Waals surface area (Å²) in [4.78, 5) is 10.4. The smallest absolute Gasteiger partial charge is 0.351 e. The maximum absolute atomic E-state index is 10.4. The summed E-state index contributed by atoms with van der Waals surface area (Å²) < 4.78 is 0. The first kappa shape index (κ1) is 12.0. The molecule has 4 nitrogen and oxygen atoms in total. The highest BCUT2D eigenvalue weighted by atomic mass is 16.4. The number of benzene rings is 1. The van der Waals surface area contributed by atoms with Crippen molar-refractivity contribution in [1.29, 1.82) is 0 Å². The second-order valence-corrected chi connectivity index (χ2v) is 3.18. The standard InChI is InChI=1S/C12H14N2O2/c1-10(12(15)16)14-13-9-5-8-11-6-3-2-4-7-11/h2-8,13H,9H2,1H3,(H,15,16)/b8-5+,14-10-. The van der Waals surface area contributed by atoms with Crippen molar-refractivity contribution in [2.24, 2.45) is 5.10 Å². The van der Waals surface area contributed by atoms with Gasteiger partial charge < -0.3 is 10.5 Å². The SMILES string of the molecule is C/C(=N/NC/C=C/c1ccccc1)C(=O)O. The quantitative estimate of drug-likeness (QED) is 0.449. The second kappa shape index (κ2) is 6.40. The number of carboxylic acids is 1. The number of aliphatic carboxylic acids is 1. The Hall–Kier alpha value is -2.10. The van der Waals surface area contributed by atoms with E-state index < -0.39 is 5.97 Å². The van der Waals surface area contributed by atoms with Crippen LogP contribution in [0.1, 0.15) is 12.5 Å². The highest BCUT2D eigenvalue weighted by Crippen LogP contribution is 1.99. The zero-order valence-electron chi connectivity index (χ0n) is 9.05. The molecule has 0 amide bonds. The number of nitrogens with zero attached hydrogens (tertiary/aromatic N) is 1. The minimum Gasteiger partial charge on any atom is -0.477 e. The van der Waals surface area contributed by atoms with Crippen LogP contribution in [-0.2, 0) is 4.79 Å². The van der Waals surface area contributed by atoms with Crippen LogP contribution in [0.2, 0.25) is 0 Å². The predicted octanol–water partition coefficient (Wildman–Crippen LogP) is 1.75. The van der Waals surface area contributed by atoms with Crippen molar-refractivity contribution in [3.05, 3.63) is 42.0 Å². The van der Waals surface area contributed by atoms with Crippen LogP contribution in [0.5, 0.6) is 0 Å². The molecule has 0 unspecified atom stereocenters. The molecule has 0 aliphatic carbocycles. The lowest BCUT2D eigenvalue weighted by Crippen LogP contribution is -2.15. The molecule has 4 heteroatoms. The zero-order valence-corrected chi connectivity index (χ0v) is 9.05. The van der Waals surface area contributed by atoms with Gasteiger partial charge in [-0.15, -0.1) is 0 Å². The fraction of sp³-hybridized carbons (Fsp3) is 0.167. The molecule has 0 fully saturated rings. The lowest BCUT2D eigenvalue weighted by atomic mass is 10.2. The fourth-order valence-electron chi connectivity index (χ4n) is 1.02. The highest BCUT2D eigenvalue weighted by Gasteiger charge is 1.98. The van der Waals surface area contributed by atoms with Crippen LogP contribution in [0, 0.1) is 0 Å². The van der Waals surface area contributed by atoms with Crippen molar-refractivity contribution >= 4 is 17.8 Å². The summed E-state index contributed by atoms with van der Waals surface area (Å²) in [6.07, 6.45) is 3.83. The Bertz CT molecular complexity index is 397. The van der Waals surface area contributed by atoms with E-state index in [1.165, 1.54) is 6.92 Å². The number of nitrogens with one attached hydrogen (secondary N) is 1. The van der Waals surface area contributed by atoms with Crippen LogP contribution in [0.4, 0.5) is 0 Å². The van der Waals surface area contributed by atoms with Crippen LogP contribution < -0.4 is 5.43 Å². The van der Waals surface area contributed by atoms with Crippen molar-refractivity contribution in [1.82, 2.24) is 5.43 Å². The monoisotopic (exact) mass is 218 g/mol. The third-order valence-electron chi connectivity index (χ3n) is 1.88. The molecule has 0 bridgehead atoms. The van der Waals surface area contributed by atoms with Gasteiger partial charge in [-0.25, -0.2) is 4.79 Å². The van der Waals surface area contributed by atoms with Gasteiger partial charge in [0, 0.05) is 0 Å². The van der Waals surface area contributed by atoms with Crippen LogP contribution in [0.15, 0.2) is 41.5 Å². The van der Waals surface area contributed by atoms with Gasteiger partial charge in [0.2, 0.25) is 0 Å². The highest BCUT2D eigenvalue weighted by molar-refractivity contribution is 6.34. The average molecular weight is 218 g/mol. The van der Waals surface area contributed by atoms with E-state index in [1.54, 1.807) is 0 Å². The molecule has 0 atom stereocenters. The second-order valence-electron chi connectivity index (χ2n) is 3.18. The molecule has 16 heavy (non-hydrogen) atoms. The Balaban J connectivity index is 2.34. The largest absolute Gasteiger partial charge is 0.477 e. The van der Waals surface area contributed by atoms with Gasteiger partial charge in [0.05, 0.1) is 6.54 Å². The van der Waals surface area contributed by atoms with Crippen LogP contribution in [0.25, 0.3) is 6.08 Å². The molecule has 1 aromatic carbocycles. The summed E-state index contributed by atoms with van der Waals surface area (Å²) in [6, 6.07) is 9.85. The molecule has 1 rings (SSSR count). The average Bonchev–Trinajstić information content (AvgIpc) is 2.29. The Kier molecular flexibility index (Phi) is 4.79. The van der Waals surface area contributed by atoms with E-state index in [0.29, 0.717) is 6.54 Å². The van der Waals surface area contributed by atoms with E-state index in [4.69, 9.17) is 5.11 Å². The first-order chi connectivity index (χ1) is 7.70. The molecule has 0 aliphatic rings. The molecule has 0 aromatic heterocycles. The molecule has 2 N–H and O–H groups in total. The molecular weight excluding hydrogens is 204 g/mol. The summed E-state index contributed by atoms with van der Waals surface area (Å²) in [5.74, 6) is -1.01. The van der Waals surface area contributed by atoms with Crippen molar-refractivity contribution in [2.75, 3.05) is 6.54 Å². The Morgan fingerprint density at radius 3 is 2.75 bits per heavy atom. The topological polar surface area (TPSA) is 61.7 Å². The van der Waals surface area contributed by atoms with Crippen molar-refractivity contribution < 1.29 is 9.90 Å². The lowest BCUT2D eigenvalue weighted by molar-refractivity contribution is -0.129. The van der Waals surface area contributed by atoms with E-state index in [0.717, 1.165) is 5.56 Å². The number of hydrazone groups is 1. The van der Waals surface area contributed by atoms with Crippen LogP contribution >= 0.6 is 0 Å². The number of hydrogen-bond acceptors (Lipinski definition) is 3.